The van der Waals surface area contributed by atoms with Crippen LogP contribution < -0.4 is 4.74 Å². The van der Waals surface area contributed by atoms with Gasteiger partial charge in [-0.25, -0.2) is 4.98 Å². The highest BCUT2D eigenvalue weighted by atomic mass is 16.5. The molecule has 0 amide bonds. The summed E-state index contributed by atoms with van der Waals surface area (Å²) in [4.78, 5) is 9.50. The molecule has 150 valence electrons. The van der Waals surface area contributed by atoms with Crippen molar-refractivity contribution >= 4 is 11.0 Å². The van der Waals surface area contributed by atoms with Gasteiger partial charge in [0.05, 0.1) is 0 Å². The largest absolute Gasteiger partial charge is 0.473 e. The Morgan fingerprint density at radius 1 is 0.964 bits per heavy atom. The highest BCUT2D eigenvalue weighted by Crippen LogP contribution is 2.37. The van der Waals surface area contributed by atoms with Crippen LogP contribution in [0.5, 0.6) is 5.88 Å². The Balaban J connectivity index is 2.18. The predicted molar refractivity (Wildman–Crippen MR) is 117 cm³/mol. The number of aryl methyl sites for hydroxylation is 5. The highest BCUT2D eigenvalue weighted by molar-refractivity contribution is 5.97. The molecule has 28 heavy (non-hydrogen) atoms. The first kappa shape index (κ1) is 20.4. The number of rotatable bonds is 7. The zero-order valence-corrected chi connectivity index (χ0v) is 18.4. The van der Waals surface area contributed by atoms with Crippen LogP contribution in [-0.2, 0) is 7.05 Å². The molecular formula is C24H33N3O. The molecule has 2 aromatic heterocycles. The van der Waals surface area contributed by atoms with Gasteiger partial charge in [0.1, 0.15) is 23.0 Å². The average Bonchev–Trinajstić information content (AvgIpc) is 2.91. The summed E-state index contributed by atoms with van der Waals surface area (Å²) < 4.78 is 8.55. The van der Waals surface area contributed by atoms with Crippen molar-refractivity contribution in [3.05, 3.63) is 40.8 Å². The van der Waals surface area contributed by atoms with Crippen molar-refractivity contribution in [2.45, 2.75) is 73.3 Å². The van der Waals surface area contributed by atoms with Crippen LogP contribution >= 0.6 is 0 Å². The fraction of sp³-hybridized carbons (Fsp3) is 0.500. The SMILES string of the molecule is CCCC(CCC)Oc1nc(C)nc2c(-c3c(C)cc(C)cc3C)cn(C)c12. The van der Waals surface area contributed by atoms with Crippen molar-refractivity contribution in [2.24, 2.45) is 7.05 Å². The molecule has 0 bridgehead atoms. The molecular weight excluding hydrogens is 346 g/mol. The zero-order valence-electron chi connectivity index (χ0n) is 18.4. The number of hydrogen-bond acceptors (Lipinski definition) is 3. The Kier molecular flexibility index (Phi) is 6.07. The summed E-state index contributed by atoms with van der Waals surface area (Å²) in [5, 5.41) is 0. The van der Waals surface area contributed by atoms with Crippen molar-refractivity contribution in [3.63, 3.8) is 0 Å². The van der Waals surface area contributed by atoms with Gasteiger partial charge in [0.25, 0.3) is 0 Å². The number of nitrogens with zero attached hydrogens (tertiary/aromatic N) is 3. The lowest BCUT2D eigenvalue weighted by Gasteiger charge is -2.18. The minimum atomic E-state index is 0.202. The molecule has 4 nitrogen and oxygen atoms in total. The van der Waals surface area contributed by atoms with Gasteiger partial charge in [-0.1, -0.05) is 44.4 Å². The molecule has 0 aliphatic carbocycles. The third kappa shape index (κ3) is 3.91. The van der Waals surface area contributed by atoms with E-state index in [2.05, 4.69) is 69.5 Å². The van der Waals surface area contributed by atoms with Gasteiger partial charge < -0.3 is 9.30 Å². The van der Waals surface area contributed by atoms with Gasteiger partial charge in [0.15, 0.2) is 0 Å². The molecule has 2 heterocycles. The van der Waals surface area contributed by atoms with Crippen molar-refractivity contribution in [2.75, 3.05) is 0 Å². The van der Waals surface area contributed by atoms with E-state index >= 15 is 0 Å². The van der Waals surface area contributed by atoms with Crippen molar-refractivity contribution < 1.29 is 4.74 Å². The first-order valence-electron chi connectivity index (χ1n) is 10.4. The Hall–Kier alpha value is -2.36. The summed E-state index contributed by atoms with van der Waals surface area (Å²) in [5.41, 5.74) is 8.22. The lowest BCUT2D eigenvalue weighted by atomic mass is 9.95. The second-order valence-electron chi connectivity index (χ2n) is 8.02. The fourth-order valence-corrected chi connectivity index (χ4v) is 4.30. The zero-order chi connectivity index (χ0) is 20.4. The first-order chi connectivity index (χ1) is 13.3. The van der Waals surface area contributed by atoms with Gasteiger partial charge in [-0.2, -0.15) is 4.98 Å². The Bertz CT molecular complexity index is 958. The summed E-state index contributed by atoms with van der Waals surface area (Å²) in [5.74, 6) is 1.47. The van der Waals surface area contributed by atoms with Gasteiger partial charge >= 0.3 is 0 Å². The van der Waals surface area contributed by atoms with E-state index in [1.165, 1.54) is 22.3 Å². The minimum absolute atomic E-state index is 0.202. The van der Waals surface area contributed by atoms with E-state index in [0.29, 0.717) is 5.88 Å². The lowest BCUT2D eigenvalue weighted by molar-refractivity contribution is 0.173. The third-order valence-electron chi connectivity index (χ3n) is 5.34. The number of ether oxygens (including phenoxy) is 1. The van der Waals surface area contributed by atoms with Crippen LogP contribution in [0.25, 0.3) is 22.2 Å². The standard InChI is InChI=1S/C24H33N3O/c1-8-10-19(11-9-2)28-24-23-22(25-18(6)26-24)20(14-27(23)7)21-16(4)12-15(3)13-17(21)5/h12-14,19H,8-11H2,1-7H3. The molecule has 0 fully saturated rings. The van der Waals surface area contributed by atoms with Crippen molar-refractivity contribution in [1.82, 2.24) is 14.5 Å². The molecule has 3 rings (SSSR count). The lowest BCUT2D eigenvalue weighted by Crippen LogP contribution is -2.17. The Labute approximate surface area is 169 Å². The molecule has 0 unspecified atom stereocenters. The number of fused-ring (bicyclic) bond motifs is 1. The quantitative estimate of drug-likeness (QED) is 0.489. The maximum atomic E-state index is 6.43. The summed E-state index contributed by atoms with van der Waals surface area (Å²) in [6.45, 7) is 12.9. The second-order valence-corrected chi connectivity index (χ2v) is 8.02. The number of benzene rings is 1. The smallest absolute Gasteiger partial charge is 0.242 e. The topological polar surface area (TPSA) is 39.9 Å². The molecule has 0 aliphatic rings. The molecule has 0 spiro atoms. The van der Waals surface area contributed by atoms with Crippen LogP contribution in [-0.4, -0.2) is 20.6 Å². The summed E-state index contributed by atoms with van der Waals surface area (Å²) in [6.07, 6.45) is 6.69. The first-order valence-corrected chi connectivity index (χ1v) is 10.4. The average molecular weight is 380 g/mol. The van der Waals surface area contributed by atoms with Crippen LogP contribution in [0.2, 0.25) is 0 Å². The van der Waals surface area contributed by atoms with E-state index in [4.69, 9.17) is 9.72 Å². The molecule has 0 saturated carbocycles. The molecule has 0 N–H and O–H groups in total. The van der Waals surface area contributed by atoms with E-state index in [1.54, 1.807) is 0 Å². The van der Waals surface area contributed by atoms with Crippen molar-refractivity contribution in [3.8, 4) is 17.0 Å². The normalized spacial score (nSPS) is 11.6. The molecule has 1 aromatic carbocycles. The summed E-state index contributed by atoms with van der Waals surface area (Å²) in [7, 11) is 2.06. The van der Waals surface area contributed by atoms with Gasteiger partial charge in [0.2, 0.25) is 5.88 Å². The Morgan fingerprint density at radius 2 is 1.57 bits per heavy atom. The molecule has 0 aliphatic heterocycles. The number of hydrogen-bond donors (Lipinski definition) is 0. The summed E-state index contributed by atoms with van der Waals surface area (Å²) >= 11 is 0. The van der Waals surface area contributed by atoms with E-state index in [1.807, 2.05) is 6.92 Å². The van der Waals surface area contributed by atoms with Crippen LogP contribution in [0.15, 0.2) is 18.3 Å². The summed E-state index contributed by atoms with van der Waals surface area (Å²) in [6, 6.07) is 4.48. The maximum absolute atomic E-state index is 6.43. The maximum Gasteiger partial charge on any atom is 0.242 e. The number of aromatic nitrogens is 3. The van der Waals surface area contributed by atoms with E-state index < -0.39 is 0 Å². The van der Waals surface area contributed by atoms with E-state index in [9.17, 15) is 0 Å². The predicted octanol–water partition coefficient (Wildman–Crippen LogP) is 6.22. The van der Waals surface area contributed by atoms with Gasteiger partial charge in [-0.15, -0.1) is 0 Å². The van der Waals surface area contributed by atoms with Gasteiger partial charge in [0, 0.05) is 18.8 Å². The third-order valence-corrected chi connectivity index (χ3v) is 5.34. The van der Waals surface area contributed by atoms with Crippen LogP contribution in [0.1, 0.15) is 62.0 Å². The highest BCUT2D eigenvalue weighted by Gasteiger charge is 2.21. The van der Waals surface area contributed by atoms with E-state index in [-0.39, 0.29) is 6.10 Å². The molecule has 4 heteroatoms. The van der Waals surface area contributed by atoms with Crippen LogP contribution in [0.3, 0.4) is 0 Å². The van der Waals surface area contributed by atoms with Gasteiger partial charge in [-0.05, 0) is 57.2 Å². The van der Waals surface area contributed by atoms with E-state index in [0.717, 1.165) is 48.1 Å². The molecule has 0 radical (unpaired) electrons. The second kappa shape index (κ2) is 8.34. The molecule has 0 atom stereocenters. The minimum Gasteiger partial charge on any atom is -0.473 e. The fourth-order valence-electron chi connectivity index (χ4n) is 4.30. The van der Waals surface area contributed by atoms with Crippen LogP contribution in [0, 0.1) is 27.7 Å². The van der Waals surface area contributed by atoms with Gasteiger partial charge in [-0.3, -0.25) is 0 Å². The molecule has 0 saturated heterocycles. The Morgan fingerprint density at radius 3 is 2.14 bits per heavy atom. The van der Waals surface area contributed by atoms with Crippen LogP contribution in [0.4, 0.5) is 0 Å². The van der Waals surface area contributed by atoms with Crippen molar-refractivity contribution in [1.29, 1.82) is 0 Å². The molecule has 3 aromatic rings. The monoisotopic (exact) mass is 379 g/mol.